The van der Waals surface area contributed by atoms with E-state index >= 15 is 0 Å². The fourth-order valence-corrected chi connectivity index (χ4v) is 2.87. The Bertz CT molecular complexity index is 930. The molecule has 2 N–H and O–H groups in total. The molecular weight excluding hydrogens is 378 g/mol. The predicted molar refractivity (Wildman–Crippen MR) is 95.3 cm³/mol. The van der Waals surface area contributed by atoms with E-state index < -0.39 is 0 Å². The second kappa shape index (κ2) is 8.66. The summed E-state index contributed by atoms with van der Waals surface area (Å²) in [6, 6.07) is 13.0. The van der Waals surface area contributed by atoms with E-state index in [9.17, 15) is 5.26 Å². The lowest BCUT2D eigenvalue weighted by Crippen LogP contribution is -2.00. The van der Waals surface area contributed by atoms with E-state index in [1.807, 2.05) is 18.2 Å². The van der Waals surface area contributed by atoms with Gasteiger partial charge in [0.05, 0.1) is 23.2 Å². The quantitative estimate of drug-likeness (QED) is 0.284. The van der Waals surface area contributed by atoms with Crippen LogP contribution in [0.25, 0.3) is 11.1 Å². The molecule has 3 rings (SSSR count). The molecule has 0 saturated carbocycles. The third-order valence-electron chi connectivity index (χ3n) is 3.39. The first kappa shape index (κ1) is 18.2. The zero-order valence-electron chi connectivity index (χ0n) is 13.2. The standard InChI is InChI=1S/C16H12ClN5O3S/c17-15-6-13(1-2-16(15)23-26-25-24-19)14-4-11(7-18)3-12(5-14)8-22-10-20-9-21-22/h1-6,9-10H,8,19H2. The highest BCUT2D eigenvalue weighted by Gasteiger charge is 2.09. The topological polar surface area (TPSA) is 108 Å². The van der Waals surface area contributed by atoms with Crippen LogP contribution in [0.15, 0.2) is 49.1 Å². The summed E-state index contributed by atoms with van der Waals surface area (Å²) in [4.78, 5) is 7.85. The summed E-state index contributed by atoms with van der Waals surface area (Å²) >= 11 is 6.78. The van der Waals surface area contributed by atoms with E-state index in [0.717, 1.165) is 16.7 Å². The van der Waals surface area contributed by atoms with Crippen LogP contribution in [0.3, 0.4) is 0 Å². The number of halogens is 1. The van der Waals surface area contributed by atoms with Gasteiger partial charge in [0.25, 0.3) is 12.3 Å². The molecule has 0 amide bonds. The minimum Gasteiger partial charge on any atom is -0.397 e. The molecule has 0 bridgehead atoms. The fourth-order valence-electron chi connectivity index (χ4n) is 2.33. The first-order valence-corrected chi connectivity index (χ1v) is 8.27. The highest BCUT2D eigenvalue weighted by atomic mass is 35.5. The Morgan fingerprint density at radius 2 is 2.12 bits per heavy atom. The lowest BCUT2D eigenvalue weighted by molar-refractivity contribution is -0.199. The molecule has 132 valence electrons. The number of nitrogens with zero attached hydrogens (tertiary/aromatic N) is 4. The highest BCUT2D eigenvalue weighted by Crippen LogP contribution is 2.33. The molecule has 0 aliphatic heterocycles. The van der Waals surface area contributed by atoms with Crippen LogP contribution >= 0.6 is 23.9 Å². The van der Waals surface area contributed by atoms with Crippen LogP contribution in [-0.2, 0) is 15.9 Å². The van der Waals surface area contributed by atoms with Gasteiger partial charge < -0.3 is 4.18 Å². The molecule has 0 aliphatic carbocycles. The Balaban J connectivity index is 1.88. The van der Waals surface area contributed by atoms with Gasteiger partial charge in [0.1, 0.15) is 12.7 Å². The Morgan fingerprint density at radius 3 is 2.81 bits per heavy atom. The molecule has 26 heavy (non-hydrogen) atoms. The summed E-state index contributed by atoms with van der Waals surface area (Å²) in [5.41, 5.74) is 3.14. The van der Waals surface area contributed by atoms with E-state index in [1.165, 1.54) is 6.33 Å². The second-order valence-electron chi connectivity index (χ2n) is 5.08. The van der Waals surface area contributed by atoms with Crippen LogP contribution in [0, 0.1) is 11.3 Å². The zero-order chi connectivity index (χ0) is 18.4. The molecule has 10 heteroatoms. The van der Waals surface area contributed by atoms with Crippen LogP contribution in [0.2, 0.25) is 5.02 Å². The fraction of sp³-hybridized carbons (Fsp3) is 0.0625. The molecular formula is C16H12ClN5O3S. The van der Waals surface area contributed by atoms with Gasteiger partial charge in [-0.1, -0.05) is 17.7 Å². The summed E-state index contributed by atoms with van der Waals surface area (Å²) < 4.78 is 11.2. The summed E-state index contributed by atoms with van der Waals surface area (Å²) in [6.45, 7) is 0.504. The van der Waals surface area contributed by atoms with Crippen molar-refractivity contribution in [2.24, 2.45) is 5.90 Å². The molecule has 0 aliphatic rings. The van der Waals surface area contributed by atoms with Crippen LogP contribution in [0.5, 0.6) is 5.75 Å². The maximum atomic E-state index is 9.31. The maximum absolute atomic E-state index is 9.31. The molecule has 0 fully saturated rings. The van der Waals surface area contributed by atoms with Gasteiger partial charge in [-0.15, -0.1) is 9.32 Å². The smallest absolute Gasteiger partial charge is 0.260 e. The van der Waals surface area contributed by atoms with E-state index in [0.29, 0.717) is 35.2 Å². The van der Waals surface area contributed by atoms with Gasteiger partial charge in [0.15, 0.2) is 5.75 Å². The molecule has 2 aromatic carbocycles. The van der Waals surface area contributed by atoms with Gasteiger partial charge in [-0.3, -0.25) is 0 Å². The van der Waals surface area contributed by atoms with Gasteiger partial charge in [0, 0.05) is 0 Å². The summed E-state index contributed by atoms with van der Waals surface area (Å²) in [5, 5.41) is 13.8. The van der Waals surface area contributed by atoms with Gasteiger partial charge in [0.2, 0.25) is 0 Å². The van der Waals surface area contributed by atoms with E-state index in [1.54, 1.807) is 29.2 Å². The van der Waals surface area contributed by atoms with Crippen molar-refractivity contribution in [1.29, 1.82) is 5.26 Å². The Hall–Kier alpha value is -2.61. The minimum atomic E-state index is 0.371. The maximum Gasteiger partial charge on any atom is 0.260 e. The van der Waals surface area contributed by atoms with Crippen molar-refractivity contribution in [3.63, 3.8) is 0 Å². The Labute approximate surface area is 158 Å². The van der Waals surface area contributed by atoms with E-state index in [2.05, 4.69) is 25.5 Å². The van der Waals surface area contributed by atoms with Gasteiger partial charge >= 0.3 is 0 Å². The zero-order valence-corrected chi connectivity index (χ0v) is 14.8. The third kappa shape index (κ3) is 4.51. The number of nitrogens with two attached hydrogens (primary N) is 1. The molecule has 0 atom stereocenters. The van der Waals surface area contributed by atoms with Crippen molar-refractivity contribution >= 4 is 23.9 Å². The number of rotatable bonds is 7. The summed E-state index contributed by atoms with van der Waals surface area (Å²) in [5.74, 6) is 5.11. The number of benzene rings is 2. The Kier molecular flexibility index (Phi) is 6.06. The summed E-state index contributed by atoms with van der Waals surface area (Å²) in [6.07, 6.45) is 3.08. The SMILES string of the molecule is N#Cc1cc(Cn2cncn2)cc(-c2ccc(OSOON)c(Cl)c2)c1. The van der Waals surface area contributed by atoms with Gasteiger partial charge in [-0.25, -0.2) is 9.67 Å². The van der Waals surface area contributed by atoms with Crippen molar-refractivity contribution in [3.8, 4) is 22.9 Å². The third-order valence-corrected chi connectivity index (χ3v) is 4.07. The van der Waals surface area contributed by atoms with Crippen molar-refractivity contribution < 1.29 is 13.5 Å². The van der Waals surface area contributed by atoms with E-state index in [-0.39, 0.29) is 0 Å². The lowest BCUT2D eigenvalue weighted by atomic mass is 10.00. The number of aromatic nitrogens is 3. The molecule has 8 nitrogen and oxygen atoms in total. The molecule has 0 spiro atoms. The minimum absolute atomic E-state index is 0.371. The number of nitriles is 1. The summed E-state index contributed by atoms with van der Waals surface area (Å²) in [7, 11) is 0. The first-order chi connectivity index (χ1) is 12.7. The number of hydrogen-bond acceptors (Lipinski definition) is 8. The van der Waals surface area contributed by atoms with Crippen molar-refractivity contribution in [3.05, 3.63) is 65.2 Å². The monoisotopic (exact) mass is 389 g/mol. The molecule has 0 unspecified atom stereocenters. The van der Waals surface area contributed by atoms with Crippen molar-refractivity contribution in [2.75, 3.05) is 0 Å². The Morgan fingerprint density at radius 1 is 1.23 bits per heavy atom. The normalized spacial score (nSPS) is 10.5. The molecule has 0 radical (unpaired) electrons. The predicted octanol–water partition coefficient (Wildman–Crippen LogP) is 3.28. The van der Waals surface area contributed by atoms with E-state index in [4.69, 9.17) is 21.7 Å². The molecule has 0 saturated heterocycles. The van der Waals surface area contributed by atoms with Crippen LogP contribution in [0.1, 0.15) is 11.1 Å². The van der Waals surface area contributed by atoms with Crippen LogP contribution in [-0.4, -0.2) is 14.8 Å². The molecule has 1 heterocycles. The van der Waals surface area contributed by atoms with Gasteiger partial charge in [-0.05, 0) is 47.0 Å². The average Bonchev–Trinajstić information content (AvgIpc) is 3.16. The first-order valence-electron chi connectivity index (χ1n) is 7.23. The van der Waals surface area contributed by atoms with Crippen molar-refractivity contribution in [1.82, 2.24) is 14.8 Å². The van der Waals surface area contributed by atoms with Crippen molar-refractivity contribution in [2.45, 2.75) is 6.54 Å². The molecule has 3 aromatic rings. The lowest BCUT2D eigenvalue weighted by Gasteiger charge is -2.09. The largest absolute Gasteiger partial charge is 0.397 e. The number of hydrogen-bond donors (Lipinski definition) is 1. The van der Waals surface area contributed by atoms with Crippen LogP contribution in [0.4, 0.5) is 0 Å². The second-order valence-corrected chi connectivity index (χ2v) is 5.93. The van der Waals surface area contributed by atoms with Gasteiger partial charge in [-0.2, -0.15) is 16.3 Å². The van der Waals surface area contributed by atoms with Crippen LogP contribution < -0.4 is 10.1 Å². The molecule has 1 aromatic heterocycles. The highest BCUT2D eigenvalue weighted by molar-refractivity contribution is 7.90. The average molecular weight is 390 g/mol.